The van der Waals surface area contributed by atoms with Crippen molar-refractivity contribution in [3.63, 3.8) is 0 Å². The van der Waals surface area contributed by atoms with Crippen LogP contribution >= 0.6 is 0 Å². The first-order valence-electron chi connectivity index (χ1n) is 6.31. The highest BCUT2D eigenvalue weighted by Gasteiger charge is 2.10. The zero-order valence-electron chi connectivity index (χ0n) is 11.1. The Labute approximate surface area is 120 Å². The van der Waals surface area contributed by atoms with Crippen molar-refractivity contribution in [3.8, 4) is 22.9 Å². The topological polar surface area (TPSA) is 94.4 Å². The van der Waals surface area contributed by atoms with E-state index in [9.17, 15) is 5.11 Å². The SMILES string of the molecule is Nc1ccccc1OCc1nc(-c2cccc(O)c2)no1. The lowest BCUT2D eigenvalue weighted by atomic mass is 10.2. The molecule has 3 aromatic rings. The van der Waals surface area contributed by atoms with Crippen molar-refractivity contribution in [1.82, 2.24) is 10.1 Å². The summed E-state index contributed by atoms with van der Waals surface area (Å²) in [7, 11) is 0. The van der Waals surface area contributed by atoms with Crippen LogP contribution in [-0.2, 0) is 6.61 Å². The Morgan fingerprint density at radius 1 is 1.14 bits per heavy atom. The van der Waals surface area contributed by atoms with Gasteiger partial charge in [0.1, 0.15) is 11.5 Å². The standard InChI is InChI=1S/C15H13N3O3/c16-12-6-1-2-7-13(12)20-9-14-17-15(18-21-14)10-4-3-5-11(19)8-10/h1-8,19H,9,16H2. The fourth-order valence-electron chi connectivity index (χ4n) is 1.83. The number of nitrogen functional groups attached to an aromatic ring is 1. The van der Waals surface area contributed by atoms with E-state index < -0.39 is 0 Å². The monoisotopic (exact) mass is 283 g/mol. The van der Waals surface area contributed by atoms with Gasteiger partial charge in [-0.2, -0.15) is 4.98 Å². The molecule has 1 aromatic heterocycles. The van der Waals surface area contributed by atoms with Crippen molar-refractivity contribution in [3.05, 3.63) is 54.4 Å². The molecule has 21 heavy (non-hydrogen) atoms. The largest absolute Gasteiger partial charge is 0.508 e. The van der Waals surface area contributed by atoms with Crippen molar-refractivity contribution < 1.29 is 14.4 Å². The van der Waals surface area contributed by atoms with Gasteiger partial charge in [0.15, 0.2) is 6.61 Å². The summed E-state index contributed by atoms with van der Waals surface area (Å²) < 4.78 is 10.6. The van der Waals surface area contributed by atoms with Gasteiger partial charge >= 0.3 is 0 Å². The Kier molecular flexibility index (Phi) is 3.42. The highest BCUT2D eigenvalue weighted by Crippen LogP contribution is 2.23. The number of aromatic nitrogens is 2. The minimum Gasteiger partial charge on any atom is -0.508 e. The number of nitrogens with two attached hydrogens (primary N) is 1. The zero-order chi connectivity index (χ0) is 14.7. The molecule has 0 aliphatic carbocycles. The lowest BCUT2D eigenvalue weighted by molar-refractivity contribution is 0.244. The quantitative estimate of drug-likeness (QED) is 0.715. The van der Waals surface area contributed by atoms with E-state index in [-0.39, 0.29) is 12.4 Å². The summed E-state index contributed by atoms with van der Waals surface area (Å²) in [5, 5.41) is 13.3. The van der Waals surface area contributed by atoms with E-state index in [1.54, 1.807) is 36.4 Å². The van der Waals surface area contributed by atoms with E-state index in [1.807, 2.05) is 12.1 Å². The average Bonchev–Trinajstić information content (AvgIpc) is 2.95. The molecule has 106 valence electrons. The van der Waals surface area contributed by atoms with Gasteiger partial charge in [-0.3, -0.25) is 0 Å². The number of hydrogen-bond donors (Lipinski definition) is 2. The number of aromatic hydroxyl groups is 1. The molecule has 1 heterocycles. The molecular formula is C15H13N3O3. The molecule has 2 aromatic carbocycles. The third kappa shape index (κ3) is 2.94. The Morgan fingerprint density at radius 2 is 2.00 bits per heavy atom. The molecule has 0 aliphatic rings. The second-order valence-electron chi connectivity index (χ2n) is 4.39. The van der Waals surface area contributed by atoms with Crippen LogP contribution in [0.1, 0.15) is 5.89 Å². The van der Waals surface area contributed by atoms with Gasteiger partial charge in [-0.1, -0.05) is 29.4 Å². The second-order valence-corrected chi connectivity index (χ2v) is 4.39. The third-order valence-corrected chi connectivity index (χ3v) is 2.84. The third-order valence-electron chi connectivity index (χ3n) is 2.84. The maximum atomic E-state index is 9.44. The average molecular weight is 283 g/mol. The number of anilines is 1. The molecule has 6 nitrogen and oxygen atoms in total. The molecule has 0 spiro atoms. The number of phenolic OH excluding ortho intramolecular Hbond substituents is 1. The van der Waals surface area contributed by atoms with Crippen molar-refractivity contribution in [2.45, 2.75) is 6.61 Å². The molecule has 3 N–H and O–H groups in total. The molecule has 0 atom stereocenters. The van der Waals surface area contributed by atoms with Crippen LogP contribution in [0.25, 0.3) is 11.4 Å². The predicted molar refractivity (Wildman–Crippen MR) is 76.6 cm³/mol. The fourth-order valence-corrected chi connectivity index (χ4v) is 1.83. The van der Waals surface area contributed by atoms with Gasteiger partial charge in [0.25, 0.3) is 5.89 Å². The van der Waals surface area contributed by atoms with Crippen LogP contribution in [0.5, 0.6) is 11.5 Å². The zero-order valence-corrected chi connectivity index (χ0v) is 11.1. The van der Waals surface area contributed by atoms with E-state index in [0.717, 1.165) is 0 Å². The first kappa shape index (κ1) is 13.0. The summed E-state index contributed by atoms with van der Waals surface area (Å²) >= 11 is 0. The van der Waals surface area contributed by atoms with Crippen molar-refractivity contribution in [2.24, 2.45) is 0 Å². The Balaban J connectivity index is 1.72. The van der Waals surface area contributed by atoms with Gasteiger partial charge < -0.3 is 20.1 Å². The van der Waals surface area contributed by atoms with Crippen molar-refractivity contribution >= 4 is 5.69 Å². The van der Waals surface area contributed by atoms with Crippen LogP contribution in [-0.4, -0.2) is 15.2 Å². The lowest BCUT2D eigenvalue weighted by Crippen LogP contribution is -1.98. The van der Waals surface area contributed by atoms with Crippen LogP contribution in [0.15, 0.2) is 53.1 Å². The van der Waals surface area contributed by atoms with Crippen molar-refractivity contribution in [2.75, 3.05) is 5.73 Å². The van der Waals surface area contributed by atoms with Crippen molar-refractivity contribution in [1.29, 1.82) is 0 Å². The maximum Gasteiger partial charge on any atom is 0.264 e. The van der Waals surface area contributed by atoms with E-state index >= 15 is 0 Å². The van der Waals surface area contributed by atoms with Gasteiger partial charge in [-0.05, 0) is 24.3 Å². The highest BCUT2D eigenvalue weighted by molar-refractivity contribution is 5.56. The van der Waals surface area contributed by atoms with Gasteiger partial charge in [-0.25, -0.2) is 0 Å². The van der Waals surface area contributed by atoms with E-state index in [4.69, 9.17) is 15.0 Å². The molecule has 0 saturated carbocycles. The maximum absolute atomic E-state index is 9.44. The smallest absolute Gasteiger partial charge is 0.264 e. The predicted octanol–water partition coefficient (Wildman–Crippen LogP) is 2.60. The molecule has 0 saturated heterocycles. The molecular weight excluding hydrogens is 270 g/mol. The second kappa shape index (κ2) is 5.54. The minimum absolute atomic E-state index is 0.125. The summed E-state index contributed by atoms with van der Waals surface area (Å²) in [6, 6.07) is 13.8. The molecule has 3 rings (SSSR count). The summed E-state index contributed by atoms with van der Waals surface area (Å²) in [4.78, 5) is 4.21. The number of rotatable bonds is 4. The Bertz CT molecular complexity index is 755. The normalized spacial score (nSPS) is 10.5. The van der Waals surface area contributed by atoms with Gasteiger partial charge in [0, 0.05) is 5.56 Å². The van der Waals surface area contributed by atoms with Gasteiger partial charge in [0.2, 0.25) is 5.82 Å². The van der Waals surface area contributed by atoms with E-state index in [0.29, 0.717) is 28.7 Å². The number of ether oxygens (including phenoxy) is 1. The Morgan fingerprint density at radius 3 is 2.81 bits per heavy atom. The van der Waals surface area contributed by atoms with Crippen LogP contribution < -0.4 is 10.5 Å². The van der Waals surface area contributed by atoms with Crippen LogP contribution in [0.4, 0.5) is 5.69 Å². The van der Waals surface area contributed by atoms with E-state index in [2.05, 4.69) is 10.1 Å². The Hall–Kier alpha value is -3.02. The molecule has 0 aliphatic heterocycles. The highest BCUT2D eigenvalue weighted by atomic mass is 16.5. The summed E-state index contributed by atoms with van der Waals surface area (Å²) in [5.74, 6) is 1.43. The number of benzene rings is 2. The van der Waals surface area contributed by atoms with Crippen LogP contribution in [0.2, 0.25) is 0 Å². The number of phenols is 1. The van der Waals surface area contributed by atoms with Gasteiger partial charge in [0.05, 0.1) is 5.69 Å². The minimum atomic E-state index is 0.125. The number of para-hydroxylation sites is 2. The molecule has 0 unspecified atom stereocenters. The first-order chi connectivity index (χ1) is 10.2. The molecule has 0 bridgehead atoms. The van der Waals surface area contributed by atoms with Crippen LogP contribution in [0.3, 0.4) is 0 Å². The summed E-state index contributed by atoms with van der Waals surface area (Å²) in [6.07, 6.45) is 0. The first-order valence-corrected chi connectivity index (χ1v) is 6.31. The molecule has 0 fully saturated rings. The van der Waals surface area contributed by atoms with E-state index in [1.165, 1.54) is 0 Å². The number of hydrogen-bond acceptors (Lipinski definition) is 6. The molecule has 0 amide bonds. The fraction of sp³-hybridized carbons (Fsp3) is 0.0667. The lowest BCUT2D eigenvalue weighted by Gasteiger charge is -2.05. The van der Waals surface area contributed by atoms with Crippen LogP contribution in [0, 0.1) is 0 Å². The number of nitrogens with zero attached hydrogens (tertiary/aromatic N) is 2. The molecule has 0 radical (unpaired) electrons. The summed E-state index contributed by atoms with van der Waals surface area (Å²) in [6.45, 7) is 0.125. The van der Waals surface area contributed by atoms with Gasteiger partial charge in [-0.15, -0.1) is 0 Å². The summed E-state index contributed by atoms with van der Waals surface area (Å²) in [5.41, 5.74) is 7.00. The molecule has 6 heteroatoms.